The van der Waals surface area contributed by atoms with Crippen molar-refractivity contribution in [1.29, 1.82) is 0 Å². The first-order valence-electron chi connectivity index (χ1n) is 6.51. The molecule has 0 aromatic heterocycles. The van der Waals surface area contributed by atoms with Crippen molar-refractivity contribution in [3.8, 4) is 5.75 Å². The molecule has 2 rings (SSSR count). The first kappa shape index (κ1) is 15.1. The molecule has 0 radical (unpaired) electrons. The van der Waals surface area contributed by atoms with Gasteiger partial charge in [0.25, 0.3) is 0 Å². The molecule has 1 aliphatic rings. The van der Waals surface area contributed by atoms with Crippen molar-refractivity contribution in [3.63, 3.8) is 0 Å². The van der Waals surface area contributed by atoms with Crippen LogP contribution >= 0.6 is 0 Å². The lowest BCUT2D eigenvalue weighted by Crippen LogP contribution is -2.34. The molecule has 0 saturated carbocycles. The van der Waals surface area contributed by atoms with E-state index in [0.29, 0.717) is 18.7 Å². The fraction of sp³-hybridized carbons (Fsp3) is 0.538. The molecule has 3 N–H and O–H groups in total. The lowest BCUT2D eigenvalue weighted by atomic mass is 10.1. The van der Waals surface area contributed by atoms with Gasteiger partial charge in [-0.25, -0.2) is 8.42 Å². The average molecular weight is 300 g/mol. The molecule has 1 aromatic carbocycles. The molecule has 1 saturated heterocycles. The number of hydrogen-bond acceptors (Lipinski definition) is 5. The Labute approximate surface area is 119 Å². The highest BCUT2D eigenvalue weighted by Crippen LogP contribution is 2.32. The summed E-state index contributed by atoms with van der Waals surface area (Å²) in [6.45, 7) is 4.15. The number of rotatable bonds is 4. The summed E-state index contributed by atoms with van der Waals surface area (Å²) < 4.78 is 31.9. The maximum absolute atomic E-state index is 12.6. The second-order valence-corrected chi connectivity index (χ2v) is 7.13. The molecule has 1 unspecified atom stereocenters. The largest absolute Gasteiger partial charge is 0.492 e. The number of anilines is 1. The number of ether oxygens (including phenoxy) is 1. The number of hydrogen-bond donors (Lipinski definition) is 2. The van der Waals surface area contributed by atoms with Crippen LogP contribution in [-0.4, -0.2) is 43.1 Å². The minimum atomic E-state index is -3.72. The number of benzene rings is 1. The van der Waals surface area contributed by atoms with E-state index in [9.17, 15) is 13.5 Å². The van der Waals surface area contributed by atoms with Gasteiger partial charge in [-0.05, 0) is 38.5 Å². The van der Waals surface area contributed by atoms with Crippen LogP contribution in [0.2, 0.25) is 0 Å². The van der Waals surface area contributed by atoms with E-state index in [-0.39, 0.29) is 23.7 Å². The molecule has 20 heavy (non-hydrogen) atoms. The summed E-state index contributed by atoms with van der Waals surface area (Å²) in [6.07, 6.45) is 0.415. The Morgan fingerprint density at radius 1 is 1.50 bits per heavy atom. The Hall–Kier alpha value is -1.31. The summed E-state index contributed by atoms with van der Waals surface area (Å²) in [5.41, 5.74) is 5.06. The van der Waals surface area contributed by atoms with Crippen molar-refractivity contribution < 1.29 is 18.3 Å². The van der Waals surface area contributed by atoms with E-state index < -0.39 is 15.6 Å². The molecule has 1 heterocycles. The number of nitrogen functional groups attached to an aromatic ring is 1. The summed E-state index contributed by atoms with van der Waals surface area (Å²) >= 11 is 0. The smallest absolute Gasteiger partial charge is 0.246 e. The van der Waals surface area contributed by atoms with Crippen LogP contribution in [-0.2, 0) is 10.0 Å². The molecule has 1 aliphatic heterocycles. The first-order chi connectivity index (χ1) is 9.26. The van der Waals surface area contributed by atoms with E-state index in [4.69, 9.17) is 10.5 Å². The standard InChI is InChI=1S/C13H20N2O4S/c1-3-19-11-5-4-10(14)8-12(11)20(17,18)15-7-6-13(2,16)9-15/h4-5,8,16H,3,6-7,9,14H2,1-2H3. The molecule has 0 amide bonds. The molecule has 0 bridgehead atoms. The molecule has 7 heteroatoms. The van der Waals surface area contributed by atoms with Crippen LogP contribution in [0.3, 0.4) is 0 Å². The lowest BCUT2D eigenvalue weighted by molar-refractivity contribution is 0.0762. The van der Waals surface area contributed by atoms with E-state index in [1.54, 1.807) is 26.0 Å². The summed E-state index contributed by atoms with van der Waals surface area (Å²) in [4.78, 5) is 0.0528. The summed E-state index contributed by atoms with van der Waals surface area (Å²) in [5, 5.41) is 9.94. The molecular formula is C13H20N2O4S. The van der Waals surface area contributed by atoms with Gasteiger partial charge in [0.1, 0.15) is 10.6 Å². The van der Waals surface area contributed by atoms with Crippen molar-refractivity contribution in [2.75, 3.05) is 25.4 Å². The van der Waals surface area contributed by atoms with Crippen molar-refractivity contribution in [3.05, 3.63) is 18.2 Å². The maximum Gasteiger partial charge on any atom is 0.246 e. The van der Waals surface area contributed by atoms with E-state index in [2.05, 4.69) is 0 Å². The fourth-order valence-electron chi connectivity index (χ4n) is 2.25. The summed E-state index contributed by atoms with van der Waals surface area (Å²) in [5.74, 6) is 0.285. The highest BCUT2D eigenvalue weighted by Gasteiger charge is 2.39. The third kappa shape index (κ3) is 2.89. The van der Waals surface area contributed by atoms with E-state index >= 15 is 0 Å². The molecule has 6 nitrogen and oxygen atoms in total. The van der Waals surface area contributed by atoms with Crippen molar-refractivity contribution in [2.45, 2.75) is 30.8 Å². The van der Waals surface area contributed by atoms with Gasteiger partial charge in [0.05, 0.1) is 12.2 Å². The van der Waals surface area contributed by atoms with Gasteiger partial charge >= 0.3 is 0 Å². The highest BCUT2D eigenvalue weighted by atomic mass is 32.2. The van der Waals surface area contributed by atoms with Gasteiger partial charge in [0, 0.05) is 18.8 Å². The zero-order chi connectivity index (χ0) is 15.0. The molecule has 1 fully saturated rings. The lowest BCUT2D eigenvalue weighted by Gasteiger charge is -2.20. The van der Waals surface area contributed by atoms with Gasteiger partial charge in [0.15, 0.2) is 0 Å². The Morgan fingerprint density at radius 2 is 2.20 bits per heavy atom. The zero-order valence-electron chi connectivity index (χ0n) is 11.7. The van der Waals surface area contributed by atoms with Gasteiger partial charge in [-0.3, -0.25) is 0 Å². The third-order valence-corrected chi connectivity index (χ3v) is 5.17. The van der Waals surface area contributed by atoms with Crippen LogP contribution in [0, 0.1) is 0 Å². The van der Waals surface area contributed by atoms with Crippen molar-refractivity contribution >= 4 is 15.7 Å². The fourth-order valence-corrected chi connectivity index (χ4v) is 3.97. The molecule has 1 atom stereocenters. The highest BCUT2D eigenvalue weighted by molar-refractivity contribution is 7.89. The monoisotopic (exact) mass is 300 g/mol. The Balaban J connectivity index is 2.41. The van der Waals surface area contributed by atoms with Gasteiger partial charge in [-0.1, -0.05) is 0 Å². The SMILES string of the molecule is CCOc1ccc(N)cc1S(=O)(=O)N1CCC(C)(O)C1. The summed E-state index contributed by atoms with van der Waals surface area (Å²) in [6, 6.07) is 4.55. The van der Waals surface area contributed by atoms with E-state index in [1.165, 1.54) is 10.4 Å². The number of nitrogens with two attached hydrogens (primary N) is 1. The minimum absolute atomic E-state index is 0.0528. The average Bonchev–Trinajstić information content (AvgIpc) is 2.73. The first-order valence-corrected chi connectivity index (χ1v) is 7.95. The zero-order valence-corrected chi connectivity index (χ0v) is 12.5. The molecule has 0 spiro atoms. The number of β-amino-alcohol motifs (C(OH)–C–C–N with tert-alkyl or cyclic N) is 1. The van der Waals surface area contributed by atoms with Crippen LogP contribution < -0.4 is 10.5 Å². The third-order valence-electron chi connectivity index (χ3n) is 3.30. The second-order valence-electron chi connectivity index (χ2n) is 5.22. The predicted molar refractivity (Wildman–Crippen MR) is 76.0 cm³/mol. The van der Waals surface area contributed by atoms with Crippen LogP contribution in [0.1, 0.15) is 20.3 Å². The Morgan fingerprint density at radius 3 is 2.75 bits per heavy atom. The van der Waals surface area contributed by atoms with Crippen LogP contribution in [0.15, 0.2) is 23.1 Å². The molecule has 0 aliphatic carbocycles. The Bertz CT molecular complexity index is 598. The van der Waals surface area contributed by atoms with E-state index in [0.717, 1.165) is 0 Å². The minimum Gasteiger partial charge on any atom is -0.492 e. The number of nitrogens with zero attached hydrogens (tertiary/aromatic N) is 1. The van der Waals surface area contributed by atoms with Crippen LogP contribution in [0.25, 0.3) is 0 Å². The maximum atomic E-state index is 12.6. The van der Waals surface area contributed by atoms with Gasteiger partial charge in [-0.2, -0.15) is 4.31 Å². The predicted octanol–water partition coefficient (Wildman–Crippen LogP) is 0.813. The van der Waals surface area contributed by atoms with Gasteiger partial charge < -0.3 is 15.6 Å². The second kappa shape index (κ2) is 5.23. The normalized spacial score (nSPS) is 23.9. The van der Waals surface area contributed by atoms with Crippen molar-refractivity contribution in [1.82, 2.24) is 4.31 Å². The van der Waals surface area contributed by atoms with Gasteiger partial charge in [0.2, 0.25) is 10.0 Å². The quantitative estimate of drug-likeness (QED) is 0.803. The van der Waals surface area contributed by atoms with Crippen LogP contribution in [0.4, 0.5) is 5.69 Å². The number of sulfonamides is 1. The van der Waals surface area contributed by atoms with E-state index in [1.807, 2.05) is 0 Å². The Kier molecular flexibility index (Phi) is 3.95. The summed E-state index contributed by atoms with van der Waals surface area (Å²) in [7, 11) is -3.72. The van der Waals surface area contributed by atoms with Gasteiger partial charge in [-0.15, -0.1) is 0 Å². The molecular weight excluding hydrogens is 280 g/mol. The van der Waals surface area contributed by atoms with Crippen LogP contribution in [0.5, 0.6) is 5.75 Å². The number of aliphatic hydroxyl groups is 1. The molecule has 1 aromatic rings. The molecule has 112 valence electrons. The van der Waals surface area contributed by atoms with Crippen molar-refractivity contribution in [2.24, 2.45) is 0 Å². The topological polar surface area (TPSA) is 92.9 Å².